The van der Waals surface area contributed by atoms with Crippen molar-refractivity contribution in [2.75, 3.05) is 26.2 Å². The fourth-order valence-electron chi connectivity index (χ4n) is 5.92. The first-order valence-corrected chi connectivity index (χ1v) is 9.84. The highest BCUT2D eigenvalue weighted by Crippen LogP contribution is 2.73. The molecule has 5 rings (SSSR count). The van der Waals surface area contributed by atoms with Gasteiger partial charge in [-0.25, -0.2) is 0 Å². The Bertz CT molecular complexity index is 612. The second kappa shape index (κ2) is 5.72. The topological polar surface area (TPSA) is 64.4 Å². The van der Waals surface area contributed by atoms with E-state index in [1.807, 2.05) is 11.0 Å². The Labute approximate surface area is 150 Å². The van der Waals surface area contributed by atoms with Gasteiger partial charge >= 0.3 is 0 Å². The van der Waals surface area contributed by atoms with Gasteiger partial charge in [0.25, 0.3) is 0 Å². The zero-order valence-corrected chi connectivity index (χ0v) is 15.5. The van der Waals surface area contributed by atoms with Crippen LogP contribution < -0.4 is 0 Å². The Morgan fingerprint density at radius 2 is 1.72 bits per heavy atom. The van der Waals surface area contributed by atoms with E-state index in [1.54, 1.807) is 6.92 Å². The third-order valence-corrected chi connectivity index (χ3v) is 7.20. The number of nitrogens with zero attached hydrogens (tertiary/aromatic N) is 3. The summed E-state index contributed by atoms with van der Waals surface area (Å²) in [6.45, 7) is 7.29. The summed E-state index contributed by atoms with van der Waals surface area (Å²) in [7, 11) is 0. The summed E-state index contributed by atoms with van der Waals surface area (Å²) in [5.41, 5.74) is 0.459. The van der Waals surface area contributed by atoms with Gasteiger partial charge in [0, 0.05) is 26.2 Å². The van der Waals surface area contributed by atoms with Crippen LogP contribution in [-0.4, -0.2) is 47.8 Å². The molecule has 2 atom stereocenters. The molecule has 2 bridgehead atoms. The molecule has 2 unspecified atom stereocenters. The van der Waals surface area contributed by atoms with Gasteiger partial charge in [0.15, 0.2) is 0 Å². The van der Waals surface area contributed by atoms with E-state index in [-0.39, 0.29) is 11.3 Å². The molecular weight excluding hydrogens is 314 g/mol. The molecular formula is C20H29N3O2. The minimum absolute atomic E-state index is 0.00647. The van der Waals surface area contributed by atoms with Gasteiger partial charge in [-0.1, -0.05) is 13.3 Å². The monoisotopic (exact) mass is 343 g/mol. The van der Waals surface area contributed by atoms with E-state index in [1.165, 1.54) is 6.42 Å². The molecule has 2 amide bonds. The number of carbonyl (C=O) groups excluding carboxylic acids is 2. The molecule has 0 aromatic carbocycles. The maximum atomic E-state index is 13.0. The van der Waals surface area contributed by atoms with Gasteiger partial charge in [0.1, 0.15) is 5.92 Å². The van der Waals surface area contributed by atoms with Crippen molar-refractivity contribution in [3.8, 4) is 6.07 Å². The zero-order chi connectivity index (χ0) is 17.8. The number of nitriles is 1. The highest BCUT2D eigenvalue weighted by Gasteiger charge is 2.69. The van der Waals surface area contributed by atoms with Crippen molar-refractivity contribution >= 4 is 11.8 Å². The van der Waals surface area contributed by atoms with Gasteiger partial charge in [0.05, 0.1) is 11.5 Å². The van der Waals surface area contributed by atoms with Crippen molar-refractivity contribution in [3.05, 3.63) is 0 Å². The molecule has 5 heteroatoms. The molecule has 25 heavy (non-hydrogen) atoms. The normalized spacial score (nSPS) is 38.5. The van der Waals surface area contributed by atoms with Crippen LogP contribution in [0.2, 0.25) is 0 Å². The Kier molecular flexibility index (Phi) is 3.86. The Balaban J connectivity index is 1.33. The van der Waals surface area contributed by atoms with Gasteiger partial charge in [0.2, 0.25) is 11.8 Å². The minimum Gasteiger partial charge on any atom is -0.342 e. The van der Waals surface area contributed by atoms with Crippen molar-refractivity contribution in [3.63, 3.8) is 0 Å². The number of carbonyl (C=O) groups is 2. The average molecular weight is 343 g/mol. The van der Waals surface area contributed by atoms with E-state index in [4.69, 9.17) is 5.26 Å². The number of hydrogen-bond acceptors (Lipinski definition) is 3. The van der Waals surface area contributed by atoms with Crippen LogP contribution in [0, 0.1) is 39.9 Å². The van der Waals surface area contributed by atoms with E-state index in [0.717, 1.165) is 58.3 Å². The molecule has 3 saturated carbocycles. The third-order valence-electron chi connectivity index (χ3n) is 7.20. The molecule has 0 radical (unpaired) electrons. The van der Waals surface area contributed by atoms with Crippen LogP contribution in [-0.2, 0) is 9.59 Å². The summed E-state index contributed by atoms with van der Waals surface area (Å²) in [5, 5.41) is 8.91. The van der Waals surface area contributed by atoms with Crippen LogP contribution in [0.4, 0.5) is 0 Å². The molecule has 5 aliphatic rings. The third kappa shape index (κ3) is 2.65. The molecule has 5 fully saturated rings. The predicted octanol–water partition coefficient (Wildman–Crippen LogP) is 2.42. The Morgan fingerprint density at radius 1 is 1.08 bits per heavy atom. The summed E-state index contributed by atoms with van der Waals surface area (Å²) in [6.07, 6.45) is 6.73. The average Bonchev–Trinajstić information content (AvgIpc) is 2.74. The summed E-state index contributed by atoms with van der Waals surface area (Å²) in [4.78, 5) is 29.1. The molecule has 136 valence electrons. The lowest BCUT2D eigenvalue weighted by molar-refractivity contribution is -0.209. The first-order valence-electron chi connectivity index (χ1n) is 9.84. The number of hydrogen-bond donors (Lipinski definition) is 0. The molecule has 0 aromatic rings. The van der Waals surface area contributed by atoms with Gasteiger partial charge in [-0.3, -0.25) is 9.59 Å². The van der Waals surface area contributed by atoms with Crippen LogP contribution in [0.5, 0.6) is 0 Å². The van der Waals surface area contributed by atoms with Crippen molar-refractivity contribution in [2.45, 2.75) is 52.4 Å². The van der Waals surface area contributed by atoms with Crippen LogP contribution in [0.25, 0.3) is 0 Å². The maximum Gasteiger partial charge on any atom is 0.239 e. The predicted molar refractivity (Wildman–Crippen MR) is 93.2 cm³/mol. The lowest BCUT2D eigenvalue weighted by atomic mass is 9.35. The lowest BCUT2D eigenvalue weighted by Gasteiger charge is -2.69. The molecule has 0 N–H and O–H groups in total. The lowest BCUT2D eigenvalue weighted by Crippen LogP contribution is -2.67. The fourth-order valence-corrected chi connectivity index (χ4v) is 5.92. The van der Waals surface area contributed by atoms with Crippen molar-refractivity contribution < 1.29 is 9.59 Å². The summed E-state index contributed by atoms with van der Waals surface area (Å²) >= 11 is 0. The Morgan fingerprint density at radius 3 is 2.32 bits per heavy atom. The largest absolute Gasteiger partial charge is 0.342 e. The van der Waals surface area contributed by atoms with Crippen LogP contribution in [0.15, 0.2) is 0 Å². The second-order valence-corrected chi connectivity index (χ2v) is 9.48. The molecule has 0 spiro atoms. The van der Waals surface area contributed by atoms with Gasteiger partial charge < -0.3 is 9.80 Å². The molecule has 3 aliphatic carbocycles. The SMILES string of the molecule is CC(C#N)C(=O)N1CC(C2CCCCN(C(=O)C34CC(C)(C3)C4)C2)C1. The van der Waals surface area contributed by atoms with Crippen molar-refractivity contribution in [1.82, 2.24) is 9.80 Å². The molecule has 2 aliphatic heterocycles. The zero-order valence-electron chi connectivity index (χ0n) is 15.5. The van der Waals surface area contributed by atoms with E-state index >= 15 is 0 Å². The van der Waals surface area contributed by atoms with Crippen molar-refractivity contribution in [2.24, 2.45) is 28.6 Å². The van der Waals surface area contributed by atoms with E-state index in [9.17, 15) is 9.59 Å². The highest BCUT2D eigenvalue weighted by molar-refractivity contribution is 5.86. The minimum atomic E-state index is -0.543. The van der Waals surface area contributed by atoms with E-state index in [2.05, 4.69) is 11.8 Å². The van der Waals surface area contributed by atoms with Gasteiger partial charge in [-0.15, -0.1) is 0 Å². The molecule has 0 aromatic heterocycles. The first-order chi connectivity index (χ1) is 11.9. The van der Waals surface area contributed by atoms with Crippen LogP contribution in [0.3, 0.4) is 0 Å². The highest BCUT2D eigenvalue weighted by atomic mass is 16.2. The smallest absolute Gasteiger partial charge is 0.239 e. The summed E-state index contributed by atoms with van der Waals surface area (Å²) < 4.78 is 0. The van der Waals surface area contributed by atoms with E-state index in [0.29, 0.717) is 23.2 Å². The maximum absolute atomic E-state index is 13.0. The number of likely N-dealkylation sites (tertiary alicyclic amines) is 2. The Hall–Kier alpha value is -1.57. The van der Waals surface area contributed by atoms with Gasteiger partial charge in [-0.2, -0.15) is 5.26 Å². The standard InChI is InChI=1S/C20H29N3O2/c1-14(7-21)17(24)23-9-16(10-23)15-5-3-4-6-22(8-15)18(25)20-11-19(2,12-20)13-20/h14-16H,3-6,8-13H2,1-2H3. The van der Waals surface area contributed by atoms with Crippen molar-refractivity contribution in [1.29, 1.82) is 5.26 Å². The second-order valence-electron chi connectivity index (χ2n) is 9.48. The van der Waals surface area contributed by atoms with Crippen LogP contribution >= 0.6 is 0 Å². The van der Waals surface area contributed by atoms with E-state index < -0.39 is 5.92 Å². The molecule has 2 heterocycles. The fraction of sp³-hybridized carbons (Fsp3) is 0.850. The quantitative estimate of drug-likeness (QED) is 0.790. The number of amides is 2. The number of rotatable bonds is 3. The molecule has 5 nitrogen and oxygen atoms in total. The summed E-state index contributed by atoms with van der Waals surface area (Å²) in [6, 6.07) is 2.03. The van der Waals surface area contributed by atoms with Gasteiger partial charge in [-0.05, 0) is 56.3 Å². The first kappa shape index (κ1) is 16.9. The molecule has 2 saturated heterocycles. The van der Waals surface area contributed by atoms with Crippen LogP contribution in [0.1, 0.15) is 52.4 Å². The summed E-state index contributed by atoms with van der Waals surface area (Å²) in [5.74, 6) is 0.833.